The van der Waals surface area contributed by atoms with Crippen molar-refractivity contribution in [3.8, 4) is 0 Å². The van der Waals surface area contributed by atoms with Gasteiger partial charge in [0, 0.05) is 5.69 Å². The molecule has 3 N–H and O–H groups in total. The quantitative estimate of drug-likeness (QED) is 0.694. The standard InChI is InChI=1S/C20H26N4O4/c1-13-7-8-15(14(2)11-13)21-18(27)22-16(25)12-24-17(26)20(23-19(24)28)9-5-3-4-6-10-20/h7-8,11H,3-6,9-10,12H2,1-2H3,(H,23,28)(H2,21,22,25,27). The van der Waals surface area contributed by atoms with E-state index in [-0.39, 0.29) is 5.91 Å². The highest BCUT2D eigenvalue weighted by molar-refractivity contribution is 6.10. The van der Waals surface area contributed by atoms with Crippen LogP contribution in [0.2, 0.25) is 0 Å². The number of imide groups is 2. The molecule has 1 aromatic rings. The maximum Gasteiger partial charge on any atom is 0.325 e. The number of nitrogens with zero attached hydrogens (tertiary/aromatic N) is 1. The molecule has 1 heterocycles. The molecule has 3 rings (SSSR count). The molecule has 1 saturated carbocycles. The Morgan fingerprint density at radius 2 is 1.79 bits per heavy atom. The number of carbonyl (C=O) groups excluding carboxylic acids is 4. The average molecular weight is 386 g/mol. The third-order valence-corrected chi connectivity index (χ3v) is 5.39. The van der Waals surface area contributed by atoms with E-state index in [0.29, 0.717) is 18.5 Å². The Morgan fingerprint density at radius 3 is 2.43 bits per heavy atom. The first-order chi connectivity index (χ1) is 13.3. The number of anilines is 1. The first-order valence-corrected chi connectivity index (χ1v) is 9.63. The van der Waals surface area contributed by atoms with Gasteiger partial charge in [-0.2, -0.15) is 0 Å². The highest BCUT2D eigenvalue weighted by Crippen LogP contribution is 2.32. The molecule has 0 unspecified atom stereocenters. The van der Waals surface area contributed by atoms with E-state index < -0.39 is 30.1 Å². The van der Waals surface area contributed by atoms with Crippen molar-refractivity contribution in [1.82, 2.24) is 15.5 Å². The van der Waals surface area contributed by atoms with Gasteiger partial charge in [0.25, 0.3) is 5.91 Å². The highest BCUT2D eigenvalue weighted by atomic mass is 16.2. The molecule has 2 fully saturated rings. The predicted octanol–water partition coefficient (Wildman–Crippen LogP) is 2.60. The van der Waals surface area contributed by atoms with E-state index in [4.69, 9.17) is 0 Å². The van der Waals surface area contributed by atoms with Crippen LogP contribution >= 0.6 is 0 Å². The Hall–Kier alpha value is -2.90. The molecule has 28 heavy (non-hydrogen) atoms. The molecule has 1 aromatic carbocycles. The lowest BCUT2D eigenvalue weighted by atomic mass is 9.90. The van der Waals surface area contributed by atoms with Crippen LogP contribution in [0.1, 0.15) is 49.7 Å². The van der Waals surface area contributed by atoms with Crippen LogP contribution in [0.15, 0.2) is 18.2 Å². The van der Waals surface area contributed by atoms with Crippen LogP contribution in [-0.2, 0) is 9.59 Å². The molecular formula is C20H26N4O4. The lowest BCUT2D eigenvalue weighted by molar-refractivity contribution is -0.135. The Morgan fingerprint density at radius 1 is 1.11 bits per heavy atom. The monoisotopic (exact) mass is 386 g/mol. The first kappa shape index (κ1) is 19.9. The van der Waals surface area contributed by atoms with Crippen molar-refractivity contribution in [3.63, 3.8) is 0 Å². The van der Waals surface area contributed by atoms with Crippen molar-refractivity contribution >= 4 is 29.6 Å². The number of hydrogen-bond donors (Lipinski definition) is 3. The van der Waals surface area contributed by atoms with Crippen LogP contribution in [0.3, 0.4) is 0 Å². The van der Waals surface area contributed by atoms with Crippen LogP contribution in [0, 0.1) is 13.8 Å². The second-order valence-electron chi connectivity index (χ2n) is 7.64. The maximum atomic E-state index is 12.8. The summed E-state index contributed by atoms with van der Waals surface area (Å²) in [7, 11) is 0. The summed E-state index contributed by atoms with van der Waals surface area (Å²) in [5.74, 6) is -1.08. The van der Waals surface area contributed by atoms with Crippen LogP contribution < -0.4 is 16.0 Å². The number of carbonyl (C=O) groups is 4. The lowest BCUT2D eigenvalue weighted by Crippen LogP contribution is -2.47. The lowest BCUT2D eigenvalue weighted by Gasteiger charge is -2.24. The summed E-state index contributed by atoms with van der Waals surface area (Å²) >= 11 is 0. The molecule has 1 saturated heterocycles. The SMILES string of the molecule is Cc1ccc(NC(=O)NC(=O)CN2C(=O)NC3(CCCCCC3)C2=O)c(C)c1. The molecule has 1 aliphatic heterocycles. The van der Waals surface area contributed by atoms with Crippen LogP contribution in [0.5, 0.6) is 0 Å². The third-order valence-electron chi connectivity index (χ3n) is 5.39. The highest BCUT2D eigenvalue weighted by Gasteiger charge is 2.51. The van der Waals surface area contributed by atoms with Gasteiger partial charge in [0.05, 0.1) is 0 Å². The summed E-state index contributed by atoms with van der Waals surface area (Å²) < 4.78 is 0. The second kappa shape index (κ2) is 8.00. The summed E-state index contributed by atoms with van der Waals surface area (Å²) in [6.07, 6.45) is 4.97. The number of aryl methyl sites for hydroxylation is 2. The zero-order chi connectivity index (χ0) is 20.3. The maximum absolute atomic E-state index is 12.8. The molecule has 6 amide bonds. The number of benzene rings is 1. The minimum atomic E-state index is -0.894. The van der Waals surface area contributed by atoms with Crippen molar-refractivity contribution in [2.45, 2.75) is 57.9 Å². The van der Waals surface area contributed by atoms with Crippen molar-refractivity contribution < 1.29 is 19.2 Å². The van der Waals surface area contributed by atoms with Crippen LogP contribution in [0.4, 0.5) is 15.3 Å². The van der Waals surface area contributed by atoms with E-state index in [2.05, 4.69) is 16.0 Å². The Labute approximate surface area is 164 Å². The summed E-state index contributed by atoms with van der Waals surface area (Å²) in [4.78, 5) is 50.3. The van der Waals surface area contributed by atoms with Gasteiger partial charge in [0.1, 0.15) is 12.1 Å². The third kappa shape index (κ3) is 4.16. The predicted molar refractivity (Wildman–Crippen MR) is 104 cm³/mol. The molecule has 0 radical (unpaired) electrons. The van der Waals surface area contributed by atoms with Crippen molar-refractivity contribution in [3.05, 3.63) is 29.3 Å². The van der Waals surface area contributed by atoms with E-state index in [1.165, 1.54) is 0 Å². The summed E-state index contributed by atoms with van der Waals surface area (Å²) in [6, 6.07) is 4.24. The smallest absolute Gasteiger partial charge is 0.323 e. The Bertz CT molecular complexity index is 812. The van der Waals surface area contributed by atoms with Gasteiger partial charge in [0.2, 0.25) is 5.91 Å². The molecule has 1 spiro atoms. The van der Waals surface area contributed by atoms with Gasteiger partial charge in [-0.1, -0.05) is 43.4 Å². The fourth-order valence-corrected chi connectivity index (χ4v) is 3.91. The molecule has 2 aliphatic rings. The van der Waals surface area contributed by atoms with Gasteiger partial charge < -0.3 is 10.6 Å². The van der Waals surface area contributed by atoms with Gasteiger partial charge in [-0.05, 0) is 38.3 Å². The van der Waals surface area contributed by atoms with Gasteiger partial charge in [-0.3, -0.25) is 19.8 Å². The summed E-state index contributed by atoms with van der Waals surface area (Å²) in [6.45, 7) is 3.32. The zero-order valence-corrected chi connectivity index (χ0v) is 16.3. The normalized spacial score (nSPS) is 18.6. The molecule has 8 heteroatoms. The fourth-order valence-electron chi connectivity index (χ4n) is 3.91. The molecular weight excluding hydrogens is 360 g/mol. The first-order valence-electron chi connectivity index (χ1n) is 9.63. The molecule has 0 bridgehead atoms. The minimum absolute atomic E-state index is 0.371. The largest absolute Gasteiger partial charge is 0.325 e. The van der Waals surface area contributed by atoms with E-state index >= 15 is 0 Å². The van der Waals surface area contributed by atoms with E-state index in [1.807, 2.05) is 26.0 Å². The molecule has 0 aromatic heterocycles. The van der Waals surface area contributed by atoms with Crippen molar-refractivity contribution in [2.75, 3.05) is 11.9 Å². The fraction of sp³-hybridized carbons (Fsp3) is 0.500. The van der Waals surface area contributed by atoms with Gasteiger partial charge >= 0.3 is 12.1 Å². The Balaban J connectivity index is 1.58. The topological polar surface area (TPSA) is 108 Å². The second-order valence-corrected chi connectivity index (χ2v) is 7.64. The molecule has 150 valence electrons. The minimum Gasteiger partial charge on any atom is -0.323 e. The molecule has 8 nitrogen and oxygen atoms in total. The van der Waals surface area contributed by atoms with Gasteiger partial charge in [-0.25, -0.2) is 9.59 Å². The van der Waals surface area contributed by atoms with E-state index in [9.17, 15) is 19.2 Å². The average Bonchev–Trinajstić information content (AvgIpc) is 2.80. The zero-order valence-electron chi connectivity index (χ0n) is 16.3. The Kier molecular flexibility index (Phi) is 5.67. The number of nitrogens with one attached hydrogen (secondary N) is 3. The number of urea groups is 2. The van der Waals surface area contributed by atoms with Crippen molar-refractivity contribution in [1.29, 1.82) is 0 Å². The molecule has 1 aliphatic carbocycles. The van der Waals surface area contributed by atoms with Crippen molar-refractivity contribution in [2.24, 2.45) is 0 Å². The van der Waals surface area contributed by atoms with Crippen LogP contribution in [-0.4, -0.2) is 40.9 Å². The van der Waals surface area contributed by atoms with E-state index in [1.54, 1.807) is 6.07 Å². The molecule has 0 atom stereocenters. The van der Waals surface area contributed by atoms with Gasteiger partial charge in [-0.15, -0.1) is 0 Å². The van der Waals surface area contributed by atoms with Gasteiger partial charge in [0.15, 0.2) is 0 Å². The number of amides is 6. The van der Waals surface area contributed by atoms with Crippen LogP contribution in [0.25, 0.3) is 0 Å². The summed E-state index contributed by atoms with van der Waals surface area (Å²) in [5.41, 5.74) is 1.62. The summed E-state index contributed by atoms with van der Waals surface area (Å²) in [5, 5.41) is 7.56. The number of rotatable bonds is 3. The number of hydrogen-bond acceptors (Lipinski definition) is 4. The van der Waals surface area contributed by atoms with E-state index in [0.717, 1.165) is 41.7 Å².